The second-order valence-corrected chi connectivity index (χ2v) is 6.97. The molecule has 6 nitrogen and oxygen atoms in total. The first-order chi connectivity index (χ1) is 13.8. The van der Waals surface area contributed by atoms with Gasteiger partial charge < -0.3 is 4.74 Å². The molecule has 9 heteroatoms. The average molecular weight is 436 g/mol. The van der Waals surface area contributed by atoms with Crippen molar-refractivity contribution in [3.8, 4) is 5.69 Å². The molecule has 0 bridgehead atoms. The summed E-state index contributed by atoms with van der Waals surface area (Å²) in [6.07, 6.45) is -0.170. The van der Waals surface area contributed by atoms with E-state index >= 15 is 0 Å². The van der Waals surface area contributed by atoms with E-state index in [9.17, 15) is 14.0 Å². The van der Waals surface area contributed by atoms with Crippen LogP contribution in [0.5, 0.6) is 0 Å². The lowest BCUT2D eigenvalue weighted by molar-refractivity contribution is -0.139. The Morgan fingerprint density at radius 2 is 1.90 bits per heavy atom. The smallest absolute Gasteiger partial charge is 0.311 e. The summed E-state index contributed by atoms with van der Waals surface area (Å²) in [5.41, 5.74) is 1.25. The Labute approximate surface area is 175 Å². The van der Waals surface area contributed by atoms with Crippen LogP contribution in [0.1, 0.15) is 18.2 Å². The third-order valence-electron chi connectivity index (χ3n) is 4.16. The molecular weight excluding hydrogens is 420 g/mol. The number of carbonyl (C=O) groups is 1. The molecule has 0 radical (unpaired) electrons. The summed E-state index contributed by atoms with van der Waals surface area (Å²) >= 11 is 12.1. The molecule has 29 heavy (non-hydrogen) atoms. The van der Waals surface area contributed by atoms with Crippen molar-refractivity contribution < 1.29 is 13.9 Å². The van der Waals surface area contributed by atoms with E-state index in [-0.39, 0.29) is 12.0 Å². The van der Waals surface area contributed by atoms with E-state index in [1.165, 1.54) is 36.1 Å². The summed E-state index contributed by atoms with van der Waals surface area (Å²) in [7, 11) is 1.26. The second-order valence-electron chi connectivity index (χ2n) is 6.13. The number of H-pyrrole nitrogens is 1. The minimum atomic E-state index is -0.531. The molecule has 0 amide bonds. The SMILES string of the molecule is COC(=O)Cc1[nH]n(-c2ccc(F)cc2)c(=O)c1C(C)=Nc1ccc(Cl)cc1Cl. The lowest BCUT2D eigenvalue weighted by atomic mass is 10.1. The van der Waals surface area contributed by atoms with Gasteiger partial charge in [-0.05, 0) is 49.4 Å². The fraction of sp³-hybridized carbons (Fsp3) is 0.150. The van der Waals surface area contributed by atoms with Crippen LogP contribution >= 0.6 is 23.2 Å². The summed E-state index contributed by atoms with van der Waals surface area (Å²) in [4.78, 5) is 29.3. The number of carbonyl (C=O) groups excluding carboxylic acids is 1. The fourth-order valence-corrected chi connectivity index (χ4v) is 3.23. The van der Waals surface area contributed by atoms with Crippen molar-refractivity contribution in [1.29, 1.82) is 0 Å². The summed E-state index contributed by atoms with van der Waals surface area (Å²) in [5.74, 6) is -0.963. The predicted octanol–water partition coefficient (Wildman–Crippen LogP) is 4.47. The van der Waals surface area contributed by atoms with Crippen LogP contribution in [0.2, 0.25) is 10.0 Å². The number of rotatable bonds is 5. The van der Waals surface area contributed by atoms with Gasteiger partial charge in [-0.15, -0.1) is 0 Å². The molecule has 3 aromatic rings. The fourth-order valence-electron chi connectivity index (χ4n) is 2.78. The predicted molar refractivity (Wildman–Crippen MR) is 110 cm³/mol. The van der Waals surface area contributed by atoms with Crippen LogP contribution < -0.4 is 5.56 Å². The number of esters is 1. The van der Waals surface area contributed by atoms with Crippen LogP contribution in [-0.2, 0) is 16.0 Å². The van der Waals surface area contributed by atoms with Crippen LogP contribution in [-0.4, -0.2) is 28.6 Å². The van der Waals surface area contributed by atoms with Gasteiger partial charge in [-0.3, -0.25) is 19.7 Å². The van der Waals surface area contributed by atoms with Gasteiger partial charge in [-0.25, -0.2) is 9.07 Å². The molecule has 0 unspecified atom stereocenters. The van der Waals surface area contributed by atoms with E-state index in [4.69, 9.17) is 27.9 Å². The first kappa shape index (κ1) is 20.8. The average Bonchev–Trinajstić information content (AvgIpc) is 3.00. The number of aromatic nitrogens is 2. The maximum Gasteiger partial charge on any atom is 0.311 e. The number of hydrogen-bond donors (Lipinski definition) is 1. The highest BCUT2D eigenvalue weighted by Gasteiger charge is 2.20. The summed E-state index contributed by atoms with van der Waals surface area (Å²) in [5, 5.41) is 3.66. The lowest BCUT2D eigenvalue weighted by Gasteiger charge is -2.03. The van der Waals surface area contributed by atoms with Crippen LogP contribution in [0.4, 0.5) is 10.1 Å². The number of halogens is 3. The molecule has 3 rings (SSSR count). The third kappa shape index (κ3) is 4.58. The Balaban J connectivity index is 2.14. The molecule has 2 aromatic carbocycles. The Kier molecular flexibility index (Phi) is 6.20. The van der Waals surface area contributed by atoms with E-state index in [1.54, 1.807) is 25.1 Å². The molecule has 150 valence electrons. The Bertz CT molecular complexity index is 1150. The normalized spacial score (nSPS) is 11.6. The van der Waals surface area contributed by atoms with Crippen LogP contribution in [0, 0.1) is 5.82 Å². The number of aromatic amines is 1. The molecule has 0 atom stereocenters. The monoisotopic (exact) mass is 435 g/mol. The van der Waals surface area contributed by atoms with Crippen molar-refractivity contribution in [2.45, 2.75) is 13.3 Å². The molecule has 0 aliphatic heterocycles. The number of methoxy groups -OCH3 is 1. The zero-order valence-electron chi connectivity index (χ0n) is 15.5. The van der Waals surface area contributed by atoms with Crippen LogP contribution in [0.25, 0.3) is 5.69 Å². The van der Waals surface area contributed by atoms with Gasteiger partial charge in [0, 0.05) is 5.02 Å². The van der Waals surface area contributed by atoms with Crippen molar-refractivity contribution in [2.75, 3.05) is 7.11 Å². The van der Waals surface area contributed by atoms with Crippen molar-refractivity contribution >= 4 is 40.6 Å². The highest BCUT2D eigenvalue weighted by atomic mass is 35.5. The zero-order valence-corrected chi connectivity index (χ0v) is 17.0. The maximum absolute atomic E-state index is 13.2. The topological polar surface area (TPSA) is 76.5 Å². The van der Waals surface area contributed by atoms with Crippen molar-refractivity contribution in [2.24, 2.45) is 4.99 Å². The van der Waals surface area contributed by atoms with Crippen LogP contribution in [0.3, 0.4) is 0 Å². The Morgan fingerprint density at radius 1 is 1.21 bits per heavy atom. The van der Waals surface area contributed by atoms with Gasteiger partial charge in [-0.2, -0.15) is 0 Å². The molecule has 0 aliphatic carbocycles. The molecule has 0 saturated carbocycles. The third-order valence-corrected chi connectivity index (χ3v) is 4.70. The van der Waals surface area contributed by atoms with Gasteiger partial charge in [0.05, 0.1) is 46.9 Å². The van der Waals surface area contributed by atoms with Gasteiger partial charge in [0.25, 0.3) is 5.56 Å². The molecule has 0 spiro atoms. The summed E-state index contributed by atoms with van der Waals surface area (Å²) in [6.45, 7) is 1.63. The highest BCUT2D eigenvalue weighted by Crippen LogP contribution is 2.28. The summed E-state index contributed by atoms with van der Waals surface area (Å²) in [6, 6.07) is 10.1. The number of aliphatic imine (C=N–C) groups is 1. The molecule has 0 aliphatic rings. The first-order valence-electron chi connectivity index (χ1n) is 8.47. The van der Waals surface area contributed by atoms with Crippen molar-refractivity contribution in [3.63, 3.8) is 0 Å². The molecule has 0 saturated heterocycles. The number of nitrogens with one attached hydrogen (secondary N) is 1. The van der Waals surface area contributed by atoms with Gasteiger partial charge in [-0.1, -0.05) is 23.2 Å². The van der Waals surface area contributed by atoms with Crippen LogP contribution in [0.15, 0.2) is 52.3 Å². The van der Waals surface area contributed by atoms with E-state index in [0.29, 0.717) is 32.8 Å². The standard InChI is InChI=1S/C20H16Cl2FN3O3/c1-11(24-16-8-3-12(21)9-15(16)22)19-17(10-18(27)29-2)25-26(20(19)28)14-6-4-13(23)5-7-14/h3-9,25H,10H2,1-2H3. The largest absolute Gasteiger partial charge is 0.469 e. The van der Waals surface area contributed by atoms with Gasteiger partial charge in [0.1, 0.15) is 5.82 Å². The maximum atomic E-state index is 13.2. The van der Waals surface area contributed by atoms with Crippen molar-refractivity contribution in [1.82, 2.24) is 9.78 Å². The molecular formula is C20H16Cl2FN3O3. The first-order valence-corrected chi connectivity index (χ1v) is 9.23. The molecule has 1 aromatic heterocycles. The summed E-state index contributed by atoms with van der Waals surface area (Å²) < 4.78 is 19.2. The Hall–Kier alpha value is -2.90. The molecule has 1 N–H and O–H groups in total. The number of benzene rings is 2. The number of hydrogen-bond acceptors (Lipinski definition) is 4. The number of ether oxygens (including phenoxy) is 1. The van der Waals surface area contributed by atoms with E-state index in [1.807, 2.05) is 0 Å². The second kappa shape index (κ2) is 8.63. The van der Waals surface area contributed by atoms with Gasteiger partial charge >= 0.3 is 5.97 Å². The van der Waals surface area contributed by atoms with E-state index in [0.717, 1.165) is 0 Å². The minimum Gasteiger partial charge on any atom is -0.469 e. The highest BCUT2D eigenvalue weighted by molar-refractivity contribution is 6.36. The van der Waals surface area contributed by atoms with Gasteiger partial charge in [0.15, 0.2) is 0 Å². The van der Waals surface area contributed by atoms with E-state index in [2.05, 4.69) is 10.1 Å². The molecule has 0 fully saturated rings. The van der Waals surface area contributed by atoms with E-state index < -0.39 is 17.3 Å². The van der Waals surface area contributed by atoms with Gasteiger partial charge in [0.2, 0.25) is 0 Å². The Morgan fingerprint density at radius 3 is 2.52 bits per heavy atom. The molecule has 1 heterocycles. The zero-order chi connectivity index (χ0) is 21.1. The van der Waals surface area contributed by atoms with Crippen molar-refractivity contribution in [3.05, 3.63) is 79.9 Å². The quantitative estimate of drug-likeness (QED) is 0.474. The lowest BCUT2D eigenvalue weighted by Crippen LogP contribution is -2.20. The number of nitrogens with zero attached hydrogens (tertiary/aromatic N) is 2. The minimum absolute atomic E-state index is 0.170.